The Morgan fingerprint density at radius 3 is 0.680 bits per heavy atom. The highest BCUT2D eigenvalue weighted by Crippen LogP contribution is 2.20. The fourth-order valence-electron chi connectivity index (χ4n) is 0. The monoisotopic (exact) mass is 592 g/mol. The van der Waals surface area contributed by atoms with Crippen LogP contribution >= 0.6 is 139 Å². The van der Waals surface area contributed by atoms with Crippen molar-refractivity contribution in [2.24, 2.45) is 0 Å². The fraction of sp³-hybridized carbons (Fsp3) is 0.0769. The molecule has 0 atom stereocenters. The lowest BCUT2D eigenvalue weighted by Gasteiger charge is -1.75. The van der Waals surface area contributed by atoms with Crippen LogP contribution in [0.1, 0.15) is 7.43 Å². The van der Waals surface area contributed by atoms with E-state index in [4.69, 9.17) is 139 Å². The summed E-state index contributed by atoms with van der Waals surface area (Å²) in [6.45, 7) is 9.13. The van der Waals surface area contributed by atoms with Gasteiger partial charge in [-0.15, -0.1) is 13.2 Å². The molecule has 0 unspecified atom stereocenters. The Morgan fingerprint density at radius 1 is 0.560 bits per heavy atom. The highest BCUT2D eigenvalue weighted by atomic mass is 35.5. The molecule has 0 N–H and O–H groups in total. The SMILES string of the molecule is C.C=C.C=CCl.Cl/C=C/Cl.Cl/C=C\Cl.ClC(Cl)=C(Cl)Cl.ClC=C(Cl)Cl. The molecule has 0 aromatic heterocycles. The number of halogens is 12. The summed E-state index contributed by atoms with van der Waals surface area (Å²) in [6, 6.07) is 0. The molecule has 25 heavy (non-hydrogen) atoms. The van der Waals surface area contributed by atoms with Crippen molar-refractivity contribution in [3.63, 3.8) is 0 Å². The molecule has 0 bridgehead atoms. The van der Waals surface area contributed by atoms with E-state index < -0.39 is 0 Å². The van der Waals surface area contributed by atoms with Gasteiger partial charge in [0.25, 0.3) is 0 Å². The summed E-state index contributed by atoms with van der Waals surface area (Å²) in [7, 11) is 0. The molecular formula is C13H16Cl12. The summed E-state index contributed by atoms with van der Waals surface area (Å²) < 4.78 is -0.108. The molecule has 0 saturated carbocycles. The number of hydrogen-bond acceptors (Lipinski definition) is 0. The van der Waals surface area contributed by atoms with Crippen LogP contribution in [0.4, 0.5) is 0 Å². The van der Waals surface area contributed by atoms with Gasteiger partial charge in [0.2, 0.25) is 0 Å². The van der Waals surface area contributed by atoms with Gasteiger partial charge < -0.3 is 0 Å². The summed E-state index contributed by atoms with van der Waals surface area (Å²) >= 11 is 59.1. The van der Waals surface area contributed by atoms with Gasteiger partial charge in [0, 0.05) is 27.7 Å². The largest absolute Gasteiger partial charge is 0.136 e. The second kappa shape index (κ2) is 56.2. The zero-order valence-electron chi connectivity index (χ0n) is 11.6. The first-order valence-electron chi connectivity index (χ1n) is 4.56. The third-order valence-electron chi connectivity index (χ3n) is 0.321. The Balaban J connectivity index is -0.0000000318. The van der Waals surface area contributed by atoms with Crippen molar-refractivity contribution < 1.29 is 0 Å². The lowest BCUT2D eigenvalue weighted by Crippen LogP contribution is -1.47. The van der Waals surface area contributed by atoms with E-state index in [9.17, 15) is 0 Å². The van der Waals surface area contributed by atoms with Crippen molar-refractivity contribution in [1.82, 2.24) is 0 Å². The molecule has 0 aliphatic rings. The average molecular weight is 598 g/mol. The second-order valence-corrected chi connectivity index (χ2v) is 6.02. The van der Waals surface area contributed by atoms with E-state index in [0.29, 0.717) is 0 Å². The Kier molecular flexibility index (Phi) is 103. The smallest absolute Gasteiger partial charge is 0.106 e. The zero-order valence-corrected chi connectivity index (χ0v) is 20.7. The first-order chi connectivity index (χ1) is 11.2. The van der Waals surface area contributed by atoms with E-state index >= 15 is 0 Å². The molecule has 0 aliphatic carbocycles. The van der Waals surface area contributed by atoms with Crippen LogP contribution in [0.15, 0.2) is 66.4 Å². The lowest BCUT2D eigenvalue weighted by molar-refractivity contribution is 2.25. The first-order valence-corrected chi connectivity index (χ1v) is 9.44. The van der Waals surface area contributed by atoms with Gasteiger partial charge in [-0.25, -0.2) is 0 Å². The molecule has 0 aromatic rings. The molecule has 0 rings (SSSR count). The minimum Gasteiger partial charge on any atom is -0.106 e. The molecule has 0 nitrogen and oxygen atoms in total. The van der Waals surface area contributed by atoms with Crippen LogP contribution in [-0.2, 0) is 0 Å². The van der Waals surface area contributed by atoms with Gasteiger partial charge >= 0.3 is 0 Å². The average Bonchev–Trinajstić information content (AvgIpc) is 2.58. The third-order valence-corrected chi connectivity index (χ3v) is 2.89. The van der Waals surface area contributed by atoms with E-state index in [1.807, 2.05) is 0 Å². The van der Waals surface area contributed by atoms with Crippen LogP contribution in [0.3, 0.4) is 0 Å². The van der Waals surface area contributed by atoms with Crippen molar-refractivity contribution in [1.29, 1.82) is 0 Å². The minimum atomic E-state index is -0.0988. The quantitative estimate of drug-likeness (QED) is 0.244. The van der Waals surface area contributed by atoms with Gasteiger partial charge in [-0.3, -0.25) is 0 Å². The summed E-state index contributed by atoms with van der Waals surface area (Å²) in [5, 5.41) is 0. The summed E-state index contributed by atoms with van der Waals surface area (Å²) in [5.41, 5.74) is 7.26. The van der Waals surface area contributed by atoms with Crippen molar-refractivity contribution in [2.75, 3.05) is 0 Å². The fourth-order valence-corrected chi connectivity index (χ4v) is 0. The van der Waals surface area contributed by atoms with Crippen molar-refractivity contribution in [3.8, 4) is 0 Å². The first kappa shape index (κ1) is 45.6. The van der Waals surface area contributed by atoms with E-state index in [0.717, 1.165) is 5.54 Å². The molecule has 0 saturated heterocycles. The summed E-state index contributed by atoms with van der Waals surface area (Å²) in [5.74, 6) is 0. The molecule has 0 fully saturated rings. The minimum absolute atomic E-state index is 0. The van der Waals surface area contributed by atoms with Crippen molar-refractivity contribution in [3.05, 3.63) is 66.4 Å². The predicted octanol–water partition coefficient (Wildman–Crippen LogP) is 12.2. The van der Waals surface area contributed by atoms with Gasteiger partial charge in [0.15, 0.2) is 0 Å². The van der Waals surface area contributed by atoms with Crippen LogP contribution in [-0.4, -0.2) is 0 Å². The third kappa shape index (κ3) is 151. The molecule has 0 aliphatic heterocycles. The Bertz CT molecular complexity index is 294. The van der Waals surface area contributed by atoms with Crippen molar-refractivity contribution >= 4 is 139 Å². The van der Waals surface area contributed by atoms with Crippen LogP contribution in [0, 0.1) is 0 Å². The molecule has 0 heterocycles. The Labute approximate surface area is 211 Å². The normalized spacial score (nSPS) is 7.04. The van der Waals surface area contributed by atoms with Crippen LogP contribution in [0.5, 0.6) is 0 Å². The second-order valence-electron chi connectivity index (χ2n) is 1.58. The molecule has 0 aromatic carbocycles. The number of rotatable bonds is 0. The van der Waals surface area contributed by atoms with Crippen LogP contribution in [0.25, 0.3) is 0 Å². The maximum Gasteiger partial charge on any atom is 0.136 e. The topological polar surface area (TPSA) is 0 Å². The highest BCUT2D eigenvalue weighted by Gasteiger charge is 1.88. The van der Waals surface area contributed by atoms with E-state index in [1.165, 1.54) is 27.7 Å². The Morgan fingerprint density at radius 2 is 0.680 bits per heavy atom. The maximum atomic E-state index is 4.99. The van der Waals surface area contributed by atoms with Gasteiger partial charge in [-0.2, -0.15) is 0 Å². The summed E-state index contributed by atoms with van der Waals surface area (Å²) in [4.78, 5) is 0. The predicted molar refractivity (Wildman–Crippen MR) is 132 cm³/mol. The van der Waals surface area contributed by atoms with Gasteiger partial charge in [0.05, 0.1) is 0 Å². The molecule has 0 radical (unpaired) electrons. The van der Waals surface area contributed by atoms with Gasteiger partial charge in [0.1, 0.15) is 13.5 Å². The molecule has 12 heteroatoms. The van der Waals surface area contributed by atoms with E-state index in [1.54, 1.807) is 0 Å². The standard InChI is InChI=1S/C2Cl4.C2HCl3.2C2H2Cl2.C2H3Cl.C2H4.CH4/c3-1(4)2(5)6;3-1-2(4)5;2*3-1-2-4;1-2-3;1-2;/h;1H;2*1-2H;2H,1H2;1-2H2;1H4/b;;2-1+;2-1-;;;. The zero-order chi connectivity index (χ0) is 21.0. The summed E-state index contributed by atoms with van der Waals surface area (Å²) in [6.07, 6.45) is 0. The highest BCUT2D eigenvalue weighted by molar-refractivity contribution is 6.67. The van der Waals surface area contributed by atoms with Crippen LogP contribution < -0.4 is 0 Å². The van der Waals surface area contributed by atoms with Crippen LogP contribution in [0.2, 0.25) is 0 Å². The van der Waals surface area contributed by atoms with Gasteiger partial charge in [-0.05, 0) is 5.54 Å². The van der Waals surface area contributed by atoms with E-state index in [-0.39, 0.29) is 20.9 Å². The molecule has 152 valence electrons. The Hall–Kier alpha value is 1.92. The van der Waals surface area contributed by atoms with E-state index in [2.05, 4.69) is 19.7 Å². The number of hydrogen-bond donors (Lipinski definition) is 0. The molecular weight excluding hydrogens is 582 g/mol. The lowest BCUT2D eigenvalue weighted by atomic mass is 11.2. The van der Waals surface area contributed by atoms with Gasteiger partial charge in [-0.1, -0.05) is 153 Å². The van der Waals surface area contributed by atoms with Crippen molar-refractivity contribution in [2.45, 2.75) is 7.43 Å². The molecule has 0 spiro atoms. The maximum absolute atomic E-state index is 4.99. The molecule has 0 amide bonds.